The smallest absolute Gasteiger partial charge is 0.304 e. The number of nitriles is 1. The number of carbonyl (C=O) groups is 1. The first-order chi connectivity index (χ1) is 4.20. The van der Waals surface area contributed by atoms with Crippen molar-refractivity contribution in [1.29, 1.82) is 5.26 Å². The summed E-state index contributed by atoms with van der Waals surface area (Å²) in [5.74, 6) is -0.471. The van der Waals surface area contributed by atoms with Crippen LogP contribution in [0.3, 0.4) is 0 Å². The van der Waals surface area contributed by atoms with E-state index in [0.717, 1.165) is 0 Å². The predicted octanol–water partition coefficient (Wildman–Crippen LogP) is 0.628. The summed E-state index contributed by atoms with van der Waals surface area (Å²) in [6, 6.07) is 1.72. The van der Waals surface area contributed by atoms with Crippen LogP contribution in [0.4, 0.5) is 0 Å². The second-order valence-corrected chi connectivity index (χ2v) is 1.39. The Morgan fingerprint density at radius 1 is 2.00 bits per heavy atom. The molecular weight excluding hydrogens is 118 g/mol. The lowest BCUT2D eigenvalue weighted by molar-refractivity contribution is -0.142. The van der Waals surface area contributed by atoms with Crippen molar-refractivity contribution in [3.05, 3.63) is 12.7 Å². The molecule has 0 saturated carbocycles. The van der Waals surface area contributed by atoms with Gasteiger partial charge in [-0.05, 0) is 6.08 Å². The van der Waals surface area contributed by atoms with Crippen molar-refractivity contribution in [2.75, 3.05) is 0 Å². The van der Waals surface area contributed by atoms with Crippen LogP contribution in [0.15, 0.2) is 12.7 Å². The van der Waals surface area contributed by atoms with Gasteiger partial charge < -0.3 is 4.74 Å². The van der Waals surface area contributed by atoms with Crippen LogP contribution in [-0.2, 0) is 9.53 Å². The number of rotatable bonds is 2. The third-order valence-electron chi connectivity index (χ3n) is 0.634. The van der Waals surface area contributed by atoms with Crippen molar-refractivity contribution < 1.29 is 9.53 Å². The summed E-state index contributed by atoms with van der Waals surface area (Å²) in [6.07, 6.45) is 0.462. The fraction of sp³-hybridized carbons (Fsp3) is 0.333. The number of carbonyl (C=O) groups excluding carboxylic acids is 1. The molecule has 0 aromatic rings. The second kappa shape index (κ2) is 3.67. The fourth-order valence-corrected chi connectivity index (χ4v) is 0.306. The molecule has 0 bridgehead atoms. The molecular formula is C6H7NO2. The van der Waals surface area contributed by atoms with Crippen molar-refractivity contribution in [3.63, 3.8) is 0 Å². The van der Waals surface area contributed by atoms with Gasteiger partial charge in [-0.2, -0.15) is 5.26 Å². The molecule has 9 heavy (non-hydrogen) atoms. The number of esters is 1. The van der Waals surface area contributed by atoms with E-state index >= 15 is 0 Å². The molecule has 1 unspecified atom stereocenters. The monoisotopic (exact) mass is 125 g/mol. The molecule has 0 aliphatic rings. The molecule has 0 aromatic heterocycles. The molecule has 0 amide bonds. The van der Waals surface area contributed by atoms with Gasteiger partial charge in [0.2, 0.25) is 6.10 Å². The van der Waals surface area contributed by atoms with E-state index in [9.17, 15) is 4.79 Å². The molecule has 3 heteroatoms. The summed E-state index contributed by atoms with van der Waals surface area (Å²) < 4.78 is 4.43. The lowest BCUT2D eigenvalue weighted by Gasteiger charge is -2.00. The van der Waals surface area contributed by atoms with Gasteiger partial charge >= 0.3 is 5.97 Å². The summed E-state index contributed by atoms with van der Waals surface area (Å²) in [6.45, 7) is 4.53. The maximum absolute atomic E-state index is 10.2. The van der Waals surface area contributed by atoms with Gasteiger partial charge in [-0.3, -0.25) is 4.79 Å². The zero-order valence-corrected chi connectivity index (χ0v) is 5.13. The minimum atomic E-state index is -0.803. The van der Waals surface area contributed by atoms with E-state index < -0.39 is 12.1 Å². The zero-order valence-electron chi connectivity index (χ0n) is 5.13. The highest BCUT2D eigenvalue weighted by atomic mass is 16.5. The summed E-state index contributed by atoms with van der Waals surface area (Å²) >= 11 is 0. The Hall–Kier alpha value is -1.30. The first-order valence-electron chi connectivity index (χ1n) is 2.40. The first kappa shape index (κ1) is 7.70. The third kappa shape index (κ3) is 3.30. The molecule has 0 saturated heterocycles. The molecule has 0 heterocycles. The number of hydrogen-bond donors (Lipinski definition) is 0. The van der Waals surface area contributed by atoms with Crippen LogP contribution >= 0.6 is 0 Å². The predicted molar refractivity (Wildman–Crippen MR) is 31.4 cm³/mol. The van der Waals surface area contributed by atoms with Crippen molar-refractivity contribution in [3.8, 4) is 6.07 Å². The Morgan fingerprint density at radius 3 is 2.67 bits per heavy atom. The van der Waals surface area contributed by atoms with Crippen LogP contribution in [0.1, 0.15) is 6.92 Å². The number of hydrogen-bond acceptors (Lipinski definition) is 3. The molecule has 48 valence electrons. The van der Waals surface area contributed by atoms with Crippen molar-refractivity contribution >= 4 is 5.97 Å². The molecule has 1 atom stereocenters. The number of ether oxygens (including phenoxy) is 1. The van der Waals surface area contributed by atoms with E-state index in [1.807, 2.05) is 0 Å². The highest BCUT2D eigenvalue weighted by molar-refractivity contribution is 5.66. The molecule has 3 nitrogen and oxygen atoms in total. The molecule has 0 fully saturated rings. The highest BCUT2D eigenvalue weighted by Crippen LogP contribution is 1.89. The quantitative estimate of drug-likeness (QED) is 0.401. The van der Waals surface area contributed by atoms with Crippen molar-refractivity contribution in [2.45, 2.75) is 13.0 Å². The summed E-state index contributed by atoms with van der Waals surface area (Å²) in [5.41, 5.74) is 0. The maximum atomic E-state index is 10.2. The zero-order chi connectivity index (χ0) is 7.28. The van der Waals surface area contributed by atoms with Crippen molar-refractivity contribution in [2.24, 2.45) is 0 Å². The van der Waals surface area contributed by atoms with E-state index in [0.29, 0.717) is 0 Å². The van der Waals surface area contributed by atoms with Crippen LogP contribution < -0.4 is 0 Å². The van der Waals surface area contributed by atoms with Gasteiger partial charge in [-0.25, -0.2) is 0 Å². The van der Waals surface area contributed by atoms with E-state index in [-0.39, 0.29) is 0 Å². The number of nitrogens with zero attached hydrogens (tertiary/aromatic N) is 1. The average molecular weight is 125 g/mol. The Morgan fingerprint density at radius 2 is 2.56 bits per heavy atom. The van der Waals surface area contributed by atoms with Gasteiger partial charge in [0.1, 0.15) is 6.07 Å². The topological polar surface area (TPSA) is 50.1 Å². The summed E-state index contributed by atoms with van der Waals surface area (Å²) in [4.78, 5) is 10.2. The lowest BCUT2D eigenvalue weighted by atomic mass is 10.4. The van der Waals surface area contributed by atoms with E-state index in [4.69, 9.17) is 5.26 Å². The van der Waals surface area contributed by atoms with Crippen LogP contribution in [-0.4, -0.2) is 12.1 Å². The van der Waals surface area contributed by atoms with Crippen LogP contribution in [0, 0.1) is 11.3 Å². The third-order valence-corrected chi connectivity index (χ3v) is 0.634. The SMILES string of the molecule is C=CC(C#N)OC(C)=O. The van der Waals surface area contributed by atoms with E-state index in [1.165, 1.54) is 13.0 Å². The van der Waals surface area contributed by atoms with Crippen molar-refractivity contribution in [1.82, 2.24) is 0 Å². The molecule has 0 radical (unpaired) electrons. The Bertz CT molecular complexity index is 157. The maximum Gasteiger partial charge on any atom is 0.304 e. The average Bonchev–Trinajstić information content (AvgIpc) is 1.82. The molecule has 0 aliphatic heterocycles. The molecule has 0 rings (SSSR count). The van der Waals surface area contributed by atoms with Gasteiger partial charge in [0.15, 0.2) is 0 Å². The first-order valence-corrected chi connectivity index (χ1v) is 2.40. The minimum absolute atomic E-state index is 0.471. The Labute approximate surface area is 53.5 Å². The fourth-order valence-electron chi connectivity index (χ4n) is 0.306. The second-order valence-electron chi connectivity index (χ2n) is 1.39. The summed E-state index contributed by atoms with van der Waals surface area (Å²) in [5, 5.41) is 8.18. The Kier molecular flexibility index (Phi) is 3.14. The highest BCUT2D eigenvalue weighted by Gasteiger charge is 2.02. The van der Waals surface area contributed by atoms with Gasteiger partial charge in [-0.1, -0.05) is 6.58 Å². The van der Waals surface area contributed by atoms with E-state index in [1.54, 1.807) is 6.07 Å². The summed E-state index contributed by atoms with van der Waals surface area (Å²) in [7, 11) is 0. The lowest BCUT2D eigenvalue weighted by Crippen LogP contribution is -2.10. The molecule has 0 aromatic carbocycles. The van der Waals surface area contributed by atoms with Crippen LogP contribution in [0.5, 0.6) is 0 Å². The van der Waals surface area contributed by atoms with Gasteiger partial charge in [0.25, 0.3) is 0 Å². The normalized spacial score (nSPS) is 11.1. The van der Waals surface area contributed by atoms with Gasteiger partial charge in [0.05, 0.1) is 0 Å². The van der Waals surface area contributed by atoms with Gasteiger partial charge in [-0.15, -0.1) is 0 Å². The molecule has 0 N–H and O–H groups in total. The minimum Gasteiger partial charge on any atom is -0.443 e. The Balaban J connectivity index is 3.73. The van der Waals surface area contributed by atoms with Crippen LogP contribution in [0.2, 0.25) is 0 Å². The van der Waals surface area contributed by atoms with Crippen LogP contribution in [0.25, 0.3) is 0 Å². The van der Waals surface area contributed by atoms with E-state index in [2.05, 4.69) is 11.3 Å². The van der Waals surface area contributed by atoms with Gasteiger partial charge in [0, 0.05) is 6.92 Å². The standard InChI is InChI=1S/C6H7NO2/c1-3-6(4-7)9-5(2)8/h3,6H,1H2,2H3. The molecule has 0 spiro atoms. The molecule has 0 aliphatic carbocycles. The largest absolute Gasteiger partial charge is 0.443 e.